The van der Waals surface area contributed by atoms with Crippen LogP contribution in [0, 0.1) is 6.92 Å². The molecule has 6 heteroatoms. The van der Waals surface area contributed by atoms with Crippen LogP contribution in [0.15, 0.2) is 41.8 Å². The molecule has 2 heterocycles. The second kappa shape index (κ2) is 8.96. The Balaban J connectivity index is 1.36. The fraction of sp³-hybridized carbons (Fsp3) is 0.400. The molecule has 1 aliphatic rings. The molecular weight excluding hydrogens is 346 g/mol. The van der Waals surface area contributed by atoms with E-state index >= 15 is 0 Å². The maximum atomic E-state index is 12.0. The van der Waals surface area contributed by atoms with E-state index in [4.69, 9.17) is 0 Å². The summed E-state index contributed by atoms with van der Waals surface area (Å²) in [5, 5.41) is 7.51. The minimum absolute atomic E-state index is 0.490. The highest BCUT2D eigenvalue weighted by Gasteiger charge is 2.21. The lowest BCUT2D eigenvalue weighted by Crippen LogP contribution is -2.42. The van der Waals surface area contributed by atoms with E-state index in [0.717, 1.165) is 38.0 Å². The van der Waals surface area contributed by atoms with Crippen LogP contribution in [0.3, 0.4) is 0 Å². The van der Waals surface area contributed by atoms with Gasteiger partial charge in [0.25, 0.3) is 0 Å². The lowest BCUT2D eigenvalue weighted by Gasteiger charge is -2.31. The zero-order chi connectivity index (χ0) is 18.4. The standard InChI is InChI=1S/C20H25N3O2S/c1-15-5-2-3-6-17(15)22-20(25)19(24)21-10-13-23-11-8-16(9-12-23)18-7-4-14-26-18/h2-7,14,16H,8-13H2,1H3,(H,21,24)(H,22,25). The summed E-state index contributed by atoms with van der Waals surface area (Å²) in [6.07, 6.45) is 2.31. The SMILES string of the molecule is Cc1ccccc1NC(=O)C(=O)NCCN1CCC(c2cccs2)CC1. The molecule has 1 saturated heterocycles. The minimum atomic E-state index is -0.615. The summed E-state index contributed by atoms with van der Waals surface area (Å²) < 4.78 is 0. The number of aryl methyl sites for hydroxylation is 1. The molecule has 1 fully saturated rings. The van der Waals surface area contributed by atoms with Gasteiger partial charge in [0, 0.05) is 23.7 Å². The first kappa shape index (κ1) is 18.6. The van der Waals surface area contributed by atoms with Crippen LogP contribution >= 0.6 is 11.3 Å². The Bertz CT molecular complexity index is 737. The van der Waals surface area contributed by atoms with Crippen LogP contribution in [0.5, 0.6) is 0 Å². The van der Waals surface area contributed by atoms with Gasteiger partial charge in [-0.2, -0.15) is 0 Å². The fourth-order valence-corrected chi connectivity index (χ4v) is 4.16. The summed E-state index contributed by atoms with van der Waals surface area (Å²) in [7, 11) is 0. The quantitative estimate of drug-likeness (QED) is 0.795. The molecule has 2 amide bonds. The van der Waals surface area contributed by atoms with Crippen LogP contribution in [0.2, 0.25) is 0 Å². The Morgan fingerprint density at radius 2 is 1.88 bits per heavy atom. The molecule has 138 valence electrons. The van der Waals surface area contributed by atoms with Gasteiger partial charge >= 0.3 is 11.8 Å². The largest absolute Gasteiger partial charge is 0.347 e. The lowest BCUT2D eigenvalue weighted by molar-refractivity contribution is -0.136. The zero-order valence-corrected chi connectivity index (χ0v) is 15.8. The first-order valence-electron chi connectivity index (χ1n) is 9.04. The highest BCUT2D eigenvalue weighted by Crippen LogP contribution is 2.30. The second-order valence-electron chi connectivity index (χ2n) is 6.66. The van der Waals surface area contributed by atoms with E-state index in [2.05, 4.69) is 33.0 Å². The van der Waals surface area contributed by atoms with E-state index in [1.54, 1.807) is 6.07 Å². The molecule has 0 saturated carbocycles. The summed E-state index contributed by atoms with van der Waals surface area (Å²) in [4.78, 5) is 27.8. The molecule has 0 atom stereocenters. The molecule has 3 rings (SSSR count). The number of hydrogen-bond donors (Lipinski definition) is 2. The van der Waals surface area contributed by atoms with E-state index in [0.29, 0.717) is 18.2 Å². The van der Waals surface area contributed by atoms with Gasteiger partial charge in [0.2, 0.25) is 0 Å². The van der Waals surface area contributed by atoms with Crippen molar-refractivity contribution in [1.82, 2.24) is 10.2 Å². The maximum Gasteiger partial charge on any atom is 0.313 e. The van der Waals surface area contributed by atoms with Gasteiger partial charge in [0.05, 0.1) is 0 Å². The Kier molecular flexibility index (Phi) is 6.41. The van der Waals surface area contributed by atoms with Gasteiger partial charge in [0.15, 0.2) is 0 Å². The predicted molar refractivity (Wildman–Crippen MR) is 106 cm³/mol. The molecule has 1 aromatic heterocycles. The van der Waals surface area contributed by atoms with E-state index in [9.17, 15) is 9.59 Å². The van der Waals surface area contributed by atoms with Crippen molar-refractivity contribution in [2.45, 2.75) is 25.7 Å². The van der Waals surface area contributed by atoms with E-state index in [1.807, 2.05) is 36.5 Å². The van der Waals surface area contributed by atoms with Gasteiger partial charge in [-0.3, -0.25) is 9.59 Å². The van der Waals surface area contributed by atoms with Crippen LogP contribution in [0.4, 0.5) is 5.69 Å². The topological polar surface area (TPSA) is 61.4 Å². The smallest absolute Gasteiger partial charge is 0.313 e. The molecule has 1 aromatic carbocycles. The number of para-hydroxylation sites is 1. The summed E-state index contributed by atoms with van der Waals surface area (Å²) in [6.45, 7) is 5.24. The lowest BCUT2D eigenvalue weighted by atomic mass is 9.95. The van der Waals surface area contributed by atoms with E-state index in [-0.39, 0.29) is 0 Å². The Hall–Kier alpha value is -2.18. The summed E-state index contributed by atoms with van der Waals surface area (Å²) in [5.74, 6) is -0.529. The fourth-order valence-electron chi connectivity index (χ4n) is 3.26. The van der Waals surface area contributed by atoms with Crippen molar-refractivity contribution in [2.75, 3.05) is 31.5 Å². The summed E-state index contributed by atoms with van der Waals surface area (Å²) in [5.41, 5.74) is 1.60. The number of hydrogen-bond acceptors (Lipinski definition) is 4. The number of carbonyl (C=O) groups excluding carboxylic acids is 2. The summed E-state index contributed by atoms with van der Waals surface area (Å²) in [6, 6.07) is 11.8. The number of carbonyl (C=O) groups is 2. The van der Waals surface area contributed by atoms with Crippen molar-refractivity contribution in [3.63, 3.8) is 0 Å². The molecule has 1 aliphatic heterocycles. The van der Waals surface area contributed by atoms with Gasteiger partial charge in [-0.15, -0.1) is 11.3 Å². The van der Waals surface area contributed by atoms with Crippen LogP contribution in [-0.2, 0) is 9.59 Å². The molecule has 2 aromatic rings. The van der Waals surface area contributed by atoms with Gasteiger partial charge < -0.3 is 15.5 Å². The first-order valence-corrected chi connectivity index (χ1v) is 9.92. The van der Waals surface area contributed by atoms with E-state index < -0.39 is 11.8 Å². The number of rotatable bonds is 5. The van der Waals surface area contributed by atoms with Gasteiger partial charge in [-0.25, -0.2) is 0 Å². The normalized spacial score (nSPS) is 15.6. The van der Waals surface area contributed by atoms with Crippen LogP contribution in [0.1, 0.15) is 29.2 Å². The van der Waals surface area contributed by atoms with Crippen molar-refractivity contribution in [3.8, 4) is 0 Å². The maximum absolute atomic E-state index is 12.0. The van der Waals surface area contributed by atoms with E-state index in [1.165, 1.54) is 4.88 Å². The van der Waals surface area contributed by atoms with Gasteiger partial charge in [0.1, 0.15) is 0 Å². The number of piperidine rings is 1. The number of thiophene rings is 1. The van der Waals surface area contributed by atoms with Crippen molar-refractivity contribution < 1.29 is 9.59 Å². The predicted octanol–water partition coefficient (Wildman–Crippen LogP) is 2.99. The Labute approximate surface area is 158 Å². The number of nitrogens with zero attached hydrogens (tertiary/aromatic N) is 1. The number of benzene rings is 1. The van der Waals surface area contributed by atoms with Gasteiger partial charge in [-0.05, 0) is 61.8 Å². The highest BCUT2D eigenvalue weighted by atomic mass is 32.1. The molecule has 2 N–H and O–H groups in total. The third-order valence-electron chi connectivity index (χ3n) is 4.85. The molecule has 0 bridgehead atoms. The third kappa shape index (κ3) is 4.93. The molecule has 0 radical (unpaired) electrons. The highest BCUT2D eigenvalue weighted by molar-refractivity contribution is 7.10. The molecular formula is C20H25N3O2S. The van der Waals surface area contributed by atoms with Crippen molar-refractivity contribution >= 4 is 28.8 Å². The Morgan fingerprint density at radius 3 is 2.58 bits per heavy atom. The Morgan fingerprint density at radius 1 is 1.12 bits per heavy atom. The second-order valence-corrected chi connectivity index (χ2v) is 7.64. The monoisotopic (exact) mass is 371 g/mol. The molecule has 26 heavy (non-hydrogen) atoms. The van der Waals surface area contributed by atoms with Crippen molar-refractivity contribution in [1.29, 1.82) is 0 Å². The van der Waals surface area contributed by atoms with Crippen LogP contribution in [-0.4, -0.2) is 42.9 Å². The van der Waals surface area contributed by atoms with Crippen LogP contribution < -0.4 is 10.6 Å². The number of likely N-dealkylation sites (tertiary alicyclic amines) is 1. The van der Waals surface area contributed by atoms with Crippen molar-refractivity contribution in [2.24, 2.45) is 0 Å². The summed E-state index contributed by atoms with van der Waals surface area (Å²) >= 11 is 1.84. The molecule has 5 nitrogen and oxygen atoms in total. The zero-order valence-electron chi connectivity index (χ0n) is 15.0. The average Bonchev–Trinajstić information content (AvgIpc) is 3.19. The third-order valence-corrected chi connectivity index (χ3v) is 5.88. The minimum Gasteiger partial charge on any atom is -0.347 e. The average molecular weight is 372 g/mol. The molecule has 0 spiro atoms. The van der Waals surface area contributed by atoms with Gasteiger partial charge in [-0.1, -0.05) is 24.3 Å². The number of nitrogens with one attached hydrogen (secondary N) is 2. The van der Waals surface area contributed by atoms with Crippen molar-refractivity contribution in [3.05, 3.63) is 52.2 Å². The van der Waals surface area contributed by atoms with Crippen LogP contribution in [0.25, 0.3) is 0 Å². The molecule has 0 aliphatic carbocycles. The number of amides is 2. The number of anilines is 1. The molecule has 0 unspecified atom stereocenters. The first-order chi connectivity index (χ1) is 12.6.